The highest BCUT2D eigenvalue weighted by Crippen LogP contribution is 2.30. The molecule has 3 heteroatoms. The lowest BCUT2D eigenvalue weighted by molar-refractivity contribution is -0.167. The summed E-state index contributed by atoms with van der Waals surface area (Å²) in [6.45, 7) is 16.4. The predicted octanol–water partition coefficient (Wildman–Crippen LogP) is 2.44. The van der Waals surface area contributed by atoms with E-state index in [4.69, 9.17) is 10.5 Å². The smallest absolute Gasteiger partial charge is 0.189 e. The fourth-order valence-corrected chi connectivity index (χ4v) is 1.33. The maximum atomic E-state index is 11.9. The number of hydrogen-bond donors (Lipinski definition) is 1. The first kappa shape index (κ1) is 15.3. The van der Waals surface area contributed by atoms with E-state index in [9.17, 15) is 4.79 Å². The Morgan fingerprint density at radius 1 is 1.12 bits per heavy atom. The molecule has 0 aromatic rings. The highest BCUT2D eigenvalue weighted by molar-refractivity contribution is 6.00. The summed E-state index contributed by atoms with van der Waals surface area (Å²) >= 11 is 0. The van der Waals surface area contributed by atoms with Crippen LogP contribution in [-0.2, 0) is 9.53 Å². The quantitative estimate of drug-likeness (QED) is 0.734. The average Bonchev–Trinajstić information content (AvgIpc) is 1.98. The number of ketones is 1. The Balaban J connectivity index is 4.98. The second kappa shape index (κ2) is 4.30. The van der Waals surface area contributed by atoms with Gasteiger partial charge in [-0.15, -0.1) is 0 Å². The summed E-state index contributed by atoms with van der Waals surface area (Å²) in [5, 5.41) is 0. The molecule has 0 rings (SSSR count). The molecule has 16 heavy (non-hydrogen) atoms. The molecule has 94 valence electrons. The summed E-state index contributed by atoms with van der Waals surface area (Å²) in [5.74, 6) is -0.0928. The van der Waals surface area contributed by atoms with E-state index in [0.717, 1.165) is 0 Å². The number of hydrogen-bond acceptors (Lipinski definition) is 3. The van der Waals surface area contributed by atoms with Crippen LogP contribution in [-0.4, -0.2) is 22.5 Å². The zero-order valence-electron chi connectivity index (χ0n) is 11.6. The molecule has 0 bridgehead atoms. The topological polar surface area (TPSA) is 52.3 Å². The Kier molecular flexibility index (Phi) is 4.12. The van der Waals surface area contributed by atoms with E-state index in [1.807, 2.05) is 27.7 Å². The van der Waals surface area contributed by atoms with Gasteiger partial charge in [-0.2, -0.15) is 0 Å². The maximum Gasteiger partial charge on any atom is 0.189 e. The monoisotopic (exact) mass is 227 g/mol. The third-order valence-corrected chi connectivity index (χ3v) is 3.00. The van der Waals surface area contributed by atoms with Gasteiger partial charge in [-0.25, -0.2) is 0 Å². The normalized spacial score (nSPS) is 13.8. The molecule has 0 radical (unpaired) electrons. The van der Waals surface area contributed by atoms with Crippen LogP contribution in [0.4, 0.5) is 0 Å². The molecule has 0 fully saturated rings. The van der Waals surface area contributed by atoms with Crippen molar-refractivity contribution in [2.75, 3.05) is 0 Å². The molecule has 0 saturated heterocycles. The van der Waals surface area contributed by atoms with Crippen LogP contribution >= 0.6 is 0 Å². The first-order chi connectivity index (χ1) is 6.81. The van der Waals surface area contributed by atoms with E-state index >= 15 is 0 Å². The van der Waals surface area contributed by atoms with Crippen LogP contribution in [0.5, 0.6) is 0 Å². The van der Waals surface area contributed by atoms with Gasteiger partial charge in [0.25, 0.3) is 0 Å². The van der Waals surface area contributed by atoms with Gasteiger partial charge in [-0.3, -0.25) is 4.79 Å². The van der Waals surface area contributed by atoms with E-state index < -0.39 is 16.7 Å². The summed E-state index contributed by atoms with van der Waals surface area (Å²) in [6, 6.07) is 0. The molecule has 0 aromatic heterocycles. The van der Waals surface area contributed by atoms with Crippen LogP contribution in [0.2, 0.25) is 0 Å². The molecule has 2 N–H and O–H groups in total. The van der Waals surface area contributed by atoms with Crippen molar-refractivity contribution in [1.29, 1.82) is 0 Å². The van der Waals surface area contributed by atoms with Gasteiger partial charge in [0.1, 0.15) is 5.60 Å². The Hall–Kier alpha value is -0.670. The first-order valence-corrected chi connectivity index (χ1v) is 5.50. The van der Waals surface area contributed by atoms with Crippen molar-refractivity contribution in [3.05, 3.63) is 12.2 Å². The molecule has 0 saturated carbocycles. The number of Topliss-reactive ketones (excluding diaryl/α,β-unsaturated/α-hetero) is 1. The van der Waals surface area contributed by atoms with Crippen molar-refractivity contribution < 1.29 is 9.53 Å². The molecule has 0 aliphatic rings. The van der Waals surface area contributed by atoms with E-state index in [-0.39, 0.29) is 5.78 Å². The molecule has 0 atom stereocenters. The lowest BCUT2D eigenvalue weighted by Gasteiger charge is -2.43. The molecule has 0 aliphatic heterocycles. The second-order valence-corrected chi connectivity index (χ2v) is 5.95. The van der Waals surface area contributed by atoms with Gasteiger partial charge < -0.3 is 10.5 Å². The van der Waals surface area contributed by atoms with Crippen LogP contribution in [0.15, 0.2) is 12.2 Å². The number of carbonyl (C=O) groups excluding carboxylic acids is 1. The molecule has 0 amide bonds. The molecule has 0 aliphatic carbocycles. The number of nitrogens with two attached hydrogens (primary N) is 1. The standard InChI is InChI=1S/C13H25NO2/c1-9(2)10(15)11(3,4)16-13(7,8)12(5,6)14/h1,14H2,2-8H3. The van der Waals surface area contributed by atoms with Crippen molar-refractivity contribution in [2.45, 2.75) is 65.2 Å². The number of carbonyl (C=O) groups is 1. The second-order valence-electron chi connectivity index (χ2n) is 5.95. The lowest BCUT2D eigenvalue weighted by atomic mass is 9.85. The highest BCUT2D eigenvalue weighted by Gasteiger charge is 2.42. The molecule has 0 spiro atoms. The van der Waals surface area contributed by atoms with Crippen LogP contribution in [0, 0.1) is 0 Å². The number of ether oxygens (including phenoxy) is 1. The van der Waals surface area contributed by atoms with Gasteiger partial charge in [-0.05, 0) is 54.0 Å². The van der Waals surface area contributed by atoms with Crippen molar-refractivity contribution in [3.8, 4) is 0 Å². The van der Waals surface area contributed by atoms with Crippen molar-refractivity contribution in [2.24, 2.45) is 5.73 Å². The summed E-state index contributed by atoms with van der Waals surface area (Å²) in [4.78, 5) is 11.9. The van der Waals surface area contributed by atoms with Crippen molar-refractivity contribution in [1.82, 2.24) is 0 Å². The Bertz CT molecular complexity index is 296. The molecular formula is C13H25NO2. The summed E-state index contributed by atoms with van der Waals surface area (Å²) < 4.78 is 5.88. The summed E-state index contributed by atoms with van der Waals surface area (Å²) in [6.07, 6.45) is 0. The molecule has 0 unspecified atom stereocenters. The Morgan fingerprint density at radius 3 is 1.75 bits per heavy atom. The highest BCUT2D eigenvalue weighted by atomic mass is 16.5. The van der Waals surface area contributed by atoms with Crippen LogP contribution in [0.1, 0.15) is 48.5 Å². The average molecular weight is 227 g/mol. The van der Waals surface area contributed by atoms with E-state index in [2.05, 4.69) is 6.58 Å². The number of rotatable bonds is 5. The van der Waals surface area contributed by atoms with Gasteiger partial charge in [-0.1, -0.05) is 6.58 Å². The van der Waals surface area contributed by atoms with Gasteiger partial charge in [0.05, 0.1) is 5.60 Å². The van der Waals surface area contributed by atoms with Crippen LogP contribution < -0.4 is 5.73 Å². The third-order valence-electron chi connectivity index (χ3n) is 3.00. The van der Waals surface area contributed by atoms with Gasteiger partial charge in [0, 0.05) is 5.54 Å². The first-order valence-electron chi connectivity index (χ1n) is 5.50. The van der Waals surface area contributed by atoms with E-state index in [1.54, 1.807) is 20.8 Å². The zero-order valence-corrected chi connectivity index (χ0v) is 11.6. The molecule has 0 aromatic carbocycles. The largest absolute Gasteiger partial charge is 0.360 e. The van der Waals surface area contributed by atoms with Crippen molar-refractivity contribution >= 4 is 5.78 Å². The Labute approximate surface area is 99.0 Å². The predicted molar refractivity (Wildman–Crippen MR) is 67.3 cm³/mol. The van der Waals surface area contributed by atoms with Gasteiger partial charge >= 0.3 is 0 Å². The van der Waals surface area contributed by atoms with Crippen LogP contribution in [0.25, 0.3) is 0 Å². The fraction of sp³-hybridized carbons (Fsp3) is 0.769. The van der Waals surface area contributed by atoms with E-state index in [0.29, 0.717) is 5.57 Å². The SMILES string of the molecule is C=C(C)C(=O)C(C)(C)OC(C)(C)C(C)(C)N. The zero-order chi connectivity index (χ0) is 13.4. The minimum Gasteiger partial charge on any atom is -0.360 e. The Morgan fingerprint density at radius 2 is 1.50 bits per heavy atom. The van der Waals surface area contributed by atoms with Crippen molar-refractivity contribution in [3.63, 3.8) is 0 Å². The van der Waals surface area contributed by atoms with E-state index in [1.165, 1.54) is 0 Å². The van der Waals surface area contributed by atoms with Crippen LogP contribution in [0.3, 0.4) is 0 Å². The van der Waals surface area contributed by atoms with Gasteiger partial charge in [0.2, 0.25) is 0 Å². The molecule has 0 heterocycles. The fourth-order valence-electron chi connectivity index (χ4n) is 1.33. The summed E-state index contributed by atoms with van der Waals surface area (Å²) in [5.41, 5.74) is 4.51. The summed E-state index contributed by atoms with van der Waals surface area (Å²) in [7, 11) is 0. The third kappa shape index (κ3) is 3.42. The molecular weight excluding hydrogens is 202 g/mol. The minimum atomic E-state index is -0.897. The van der Waals surface area contributed by atoms with Gasteiger partial charge in [0.15, 0.2) is 5.78 Å². The molecule has 3 nitrogen and oxygen atoms in total. The maximum absolute atomic E-state index is 11.9. The lowest BCUT2D eigenvalue weighted by Crippen LogP contribution is -2.58. The minimum absolute atomic E-state index is 0.0928.